The molecule has 0 saturated carbocycles. The number of hydrogen-bond donors (Lipinski definition) is 1. The number of ketones is 1. The van der Waals surface area contributed by atoms with E-state index < -0.39 is 45.1 Å². The van der Waals surface area contributed by atoms with Crippen molar-refractivity contribution >= 4 is 27.1 Å². The summed E-state index contributed by atoms with van der Waals surface area (Å²) in [5.74, 6) is -3.90. The first kappa shape index (κ1) is 23.4. The van der Waals surface area contributed by atoms with Crippen molar-refractivity contribution in [2.24, 2.45) is 0 Å². The first-order valence-corrected chi connectivity index (χ1v) is 11.9. The lowest BCUT2D eigenvalue weighted by atomic mass is 10.0. The summed E-state index contributed by atoms with van der Waals surface area (Å²) >= 11 is 0. The molecule has 0 saturated heterocycles. The predicted molar refractivity (Wildman–Crippen MR) is 120 cm³/mol. The number of sulfonamides is 1. The number of benzene rings is 2. The molecule has 7 nitrogen and oxygen atoms in total. The van der Waals surface area contributed by atoms with E-state index >= 15 is 0 Å². The number of carbonyl (C=O) groups is 1. The Hall–Kier alpha value is -3.73. The van der Waals surface area contributed by atoms with Crippen molar-refractivity contribution in [2.75, 3.05) is 10.5 Å². The average Bonchev–Trinajstić information content (AvgIpc) is 3.19. The van der Waals surface area contributed by atoms with Crippen molar-refractivity contribution < 1.29 is 26.4 Å². The summed E-state index contributed by atoms with van der Waals surface area (Å²) in [6.45, 7) is 1.64. The zero-order chi connectivity index (χ0) is 24.5. The summed E-state index contributed by atoms with van der Waals surface area (Å²) in [6.07, 6.45) is 2.78. The molecular formula is C23H19F3N4O3S. The second-order valence-electron chi connectivity index (χ2n) is 7.61. The van der Waals surface area contributed by atoms with E-state index in [1.54, 1.807) is 25.1 Å². The van der Waals surface area contributed by atoms with Crippen LogP contribution in [0.25, 0.3) is 16.9 Å². The van der Waals surface area contributed by atoms with Crippen molar-refractivity contribution in [1.82, 2.24) is 14.6 Å². The summed E-state index contributed by atoms with van der Waals surface area (Å²) in [5.41, 5.74) is 0.644. The maximum Gasteiger partial charge on any atom is 0.232 e. The summed E-state index contributed by atoms with van der Waals surface area (Å²) in [4.78, 5) is 17.0. The van der Waals surface area contributed by atoms with Gasteiger partial charge in [0.05, 0.1) is 22.7 Å². The average molecular weight is 488 g/mol. The highest BCUT2D eigenvalue weighted by Crippen LogP contribution is 2.24. The molecule has 0 unspecified atom stereocenters. The van der Waals surface area contributed by atoms with E-state index in [0.717, 1.165) is 12.1 Å². The topological polar surface area (TPSA) is 93.4 Å². The molecule has 2 aromatic carbocycles. The molecule has 0 fully saturated rings. The van der Waals surface area contributed by atoms with Crippen molar-refractivity contribution in [3.05, 3.63) is 83.4 Å². The third-order valence-corrected chi connectivity index (χ3v) is 6.46. The largest absolute Gasteiger partial charge is 0.294 e. The van der Waals surface area contributed by atoms with Crippen LogP contribution < -0.4 is 4.72 Å². The van der Waals surface area contributed by atoms with Crippen LogP contribution in [0.15, 0.2) is 54.9 Å². The molecule has 4 aromatic rings. The minimum Gasteiger partial charge on any atom is -0.294 e. The van der Waals surface area contributed by atoms with Gasteiger partial charge in [-0.15, -0.1) is 0 Å². The lowest BCUT2D eigenvalue weighted by Gasteiger charge is -2.11. The highest BCUT2D eigenvalue weighted by atomic mass is 32.2. The molecule has 34 heavy (non-hydrogen) atoms. The van der Waals surface area contributed by atoms with Crippen molar-refractivity contribution in [3.8, 4) is 11.3 Å². The van der Waals surface area contributed by atoms with Crippen LogP contribution >= 0.6 is 0 Å². The molecule has 0 amide bonds. The van der Waals surface area contributed by atoms with E-state index in [1.807, 2.05) is 4.72 Å². The maximum absolute atomic E-state index is 14.9. The Bertz CT molecular complexity index is 1490. The Morgan fingerprint density at radius 3 is 2.53 bits per heavy atom. The smallest absolute Gasteiger partial charge is 0.232 e. The molecule has 1 N–H and O–H groups in total. The quantitative estimate of drug-likeness (QED) is 0.372. The molecule has 0 bridgehead atoms. The molecule has 0 atom stereocenters. The fraction of sp³-hybridized carbons (Fsp3) is 0.174. The number of Topliss-reactive ketones (excluding diaryl/α,β-unsaturated/α-hetero) is 1. The molecular weight excluding hydrogens is 469 g/mol. The molecule has 0 radical (unpaired) electrons. The summed E-state index contributed by atoms with van der Waals surface area (Å²) in [6, 6.07) is 9.17. The normalized spacial score (nSPS) is 11.6. The number of nitrogens with one attached hydrogen (secondary N) is 1. The molecule has 2 heterocycles. The van der Waals surface area contributed by atoms with Crippen LogP contribution in [0.4, 0.5) is 18.9 Å². The fourth-order valence-electron chi connectivity index (χ4n) is 3.42. The molecule has 4 rings (SSSR count). The zero-order valence-electron chi connectivity index (χ0n) is 17.9. The Morgan fingerprint density at radius 2 is 1.82 bits per heavy atom. The van der Waals surface area contributed by atoms with E-state index in [-0.39, 0.29) is 11.6 Å². The Morgan fingerprint density at radius 1 is 1.09 bits per heavy atom. The maximum atomic E-state index is 14.9. The van der Waals surface area contributed by atoms with Gasteiger partial charge in [-0.3, -0.25) is 9.52 Å². The first-order chi connectivity index (χ1) is 16.2. The van der Waals surface area contributed by atoms with Crippen LogP contribution in [0.2, 0.25) is 0 Å². The van der Waals surface area contributed by atoms with E-state index in [4.69, 9.17) is 0 Å². The number of aromatic nitrogens is 3. The van der Waals surface area contributed by atoms with Gasteiger partial charge >= 0.3 is 0 Å². The summed E-state index contributed by atoms with van der Waals surface area (Å²) < 4.78 is 69.8. The molecule has 2 aromatic heterocycles. The van der Waals surface area contributed by atoms with E-state index in [2.05, 4.69) is 10.1 Å². The lowest BCUT2D eigenvalue weighted by Crippen LogP contribution is -2.19. The van der Waals surface area contributed by atoms with Crippen LogP contribution in [-0.4, -0.2) is 34.6 Å². The standard InChI is InChI=1S/C23H19F3N4O3S/c1-2-9-34(32,33)29-18-8-7-17(25)22(23(18)26)20(31)10-14-12-27-21-11-19(28-30(21)13-14)15-3-5-16(24)6-4-15/h3-8,11-13,29H,2,9-10H2,1H3. The number of hydrogen-bond acceptors (Lipinski definition) is 5. The number of nitrogens with zero attached hydrogens (tertiary/aromatic N) is 3. The van der Waals surface area contributed by atoms with Gasteiger partial charge in [0.1, 0.15) is 11.6 Å². The summed E-state index contributed by atoms with van der Waals surface area (Å²) in [5, 5.41) is 4.36. The van der Waals surface area contributed by atoms with Gasteiger partial charge in [-0.05, 0) is 48.4 Å². The van der Waals surface area contributed by atoms with Gasteiger partial charge < -0.3 is 0 Å². The van der Waals surface area contributed by atoms with Gasteiger partial charge in [0, 0.05) is 30.4 Å². The van der Waals surface area contributed by atoms with Gasteiger partial charge in [0.25, 0.3) is 0 Å². The molecule has 0 aliphatic carbocycles. The Balaban J connectivity index is 1.60. The van der Waals surface area contributed by atoms with Crippen LogP contribution in [0.3, 0.4) is 0 Å². The first-order valence-electron chi connectivity index (χ1n) is 10.3. The highest BCUT2D eigenvalue weighted by Gasteiger charge is 2.23. The SMILES string of the molecule is CCCS(=O)(=O)Nc1ccc(F)c(C(=O)Cc2cnc3cc(-c4ccc(F)cc4)nn3c2)c1F. The van der Waals surface area contributed by atoms with Gasteiger partial charge in [-0.25, -0.2) is 31.1 Å². The van der Waals surface area contributed by atoms with Gasteiger partial charge in [-0.1, -0.05) is 6.92 Å². The molecule has 0 spiro atoms. The second-order valence-corrected chi connectivity index (χ2v) is 9.45. The third-order valence-electron chi connectivity index (χ3n) is 4.98. The minimum atomic E-state index is -3.83. The number of carbonyl (C=O) groups excluding carboxylic acids is 1. The predicted octanol–water partition coefficient (Wildman–Crippen LogP) is 4.39. The van der Waals surface area contributed by atoms with E-state index in [1.165, 1.54) is 29.0 Å². The molecule has 0 aliphatic heterocycles. The van der Waals surface area contributed by atoms with E-state index in [0.29, 0.717) is 28.9 Å². The molecule has 176 valence electrons. The number of halogens is 3. The van der Waals surface area contributed by atoms with Crippen LogP contribution in [0, 0.1) is 17.5 Å². The van der Waals surface area contributed by atoms with Gasteiger partial charge in [0.2, 0.25) is 10.0 Å². The molecule has 0 aliphatic rings. The minimum absolute atomic E-state index is 0.247. The monoisotopic (exact) mass is 488 g/mol. The fourth-order valence-corrected chi connectivity index (χ4v) is 4.55. The van der Waals surface area contributed by atoms with E-state index in [9.17, 15) is 26.4 Å². The third kappa shape index (κ3) is 4.93. The van der Waals surface area contributed by atoms with Gasteiger partial charge in [0.15, 0.2) is 17.2 Å². The van der Waals surface area contributed by atoms with Crippen molar-refractivity contribution in [1.29, 1.82) is 0 Å². The van der Waals surface area contributed by atoms with Crippen molar-refractivity contribution in [3.63, 3.8) is 0 Å². The second kappa shape index (κ2) is 9.26. The van der Waals surface area contributed by atoms with Crippen LogP contribution in [0.1, 0.15) is 29.3 Å². The lowest BCUT2D eigenvalue weighted by molar-refractivity contribution is 0.0984. The molecule has 11 heteroatoms. The van der Waals surface area contributed by atoms with Crippen LogP contribution in [-0.2, 0) is 16.4 Å². The number of rotatable bonds is 8. The Kier molecular flexibility index (Phi) is 6.38. The highest BCUT2D eigenvalue weighted by molar-refractivity contribution is 7.92. The zero-order valence-corrected chi connectivity index (χ0v) is 18.7. The van der Waals surface area contributed by atoms with Crippen molar-refractivity contribution in [2.45, 2.75) is 19.8 Å². The Labute approximate surface area is 193 Å². The van der Waals surface area contributed by atoms with Gasteiger partial charge in [-0.2, -0.15) is 5.10 Å². The van der Waals surface area contributed by atoms with Crippen LogP contribution in [0.5, 0.6) is 0 Å². The summed E-state index contributed by atoms with van der Waals surface area (Å²) in [7, 11) is -3.83. The number of anilines is 1. The number of fused-ring (bicyclic) bond motifs is 1.